The van der Waals surface area contributed by atoms with Crippen molar-refractivity contribution in [2.45, 2.75) is 32.7 Å². The smallest absolute Gasteiger partial charge is 0.00101 e. The van der Waals surface area contributed by atoms with E-state index in [1.165, 1.54) is 25.9 Å². The van der Waals surface area contributed by atoms with Gasteiger partial charge in [0.1, 0.15) is 0 Å². The molecule has 0 saturated carbocycles. The second-order valence-corrected chi connectivity index (χ2v) is 3.02. The van der Waals surface area contributed by atoms with Crippen LogP contribution in [0.1, 0.15) is 26.7 Å². The van der Waals surface area contributed by atoms with Gasteiger partial charge in [-0.1, -0.05) is 6.42 Å². The zero-order valence-corrected chi connectivity index (χ0v) is 8.27. The van der Waals surface area contributed by atoms with E-state index in [4.69, 9.17) is 0 Å². The first kappa shape index (κ1) is 10.5. The normalized spacial score (nSPS) is 20.7. The average Bonchev–Trinajstić information content (AvgIpc) is 1.90. The molecule has 1 radical (unpaired) electrons. The second kappa shape index (κ2) is 5.23. The van der Waals surface area contributed by atoms with Crippen LogP contribution in [0.4, 0.5) is 0 Å². The van der Waals surface area contributed by atoms with Gasteiger partial charge in [-0.3, -0.25) is 0 Å². The molecule has 0 spiro atoms. The van der Waals surface area contributed by atoms with E-state index in [1.54, 1.807) is 0 Å². The van der Waals surface area contributed by atoms with Gasteiger partial charge >= 0.3 is 0 Å². The van der Waals surface area contributed by atoms with E-state index in [0.29, 0.717) is 0 Å². The fourth-order valence-corrected chi connectivity index (χ4v) is 1.26. The predicted octanol–water partition coefficient (Wildman–Crippen LogP) is 1.69. The molecule has 1 heterocycles. The van der Waals surface area contributed by atoms with Crippen molar-refractivity contribution < 1.29 is 18.6 Å². The largest absolute Gasteiger partial charge is 0.330 e. The van der Waals surface area contributed by atoms with Gasteiger partial charge in [0.2, 0.25) is 0 Å². The summed E-state index contributed by atoms with van der Waals surface area (Å²) in [4.78, 5) is 2.50. The Labute approximate surface area is 76.1 Å². The van der Waals surface area contributed by atoms with Crippen molar-refractivity contribution in [3.05, 3.63) is 6.42 Å². The molecule has 1 fully saturated rings. The topological polar surface area (TPSA) is 3.24 Å². The Bertz CT molecular complexity index is 77.3. The van der Waals surface area contributed by atoms with Crippen LogP contribution in [-0.4, -0.2) is 24.0 Å². The number of hydrogen-bond acceptors (Lipinski definition) is 1. The molecule has 0 aromatic rings. The zero-order chi connectivity index (χ0) is 6.69. The standard InChI is InChI=1S/C8H16N.V/c1-8(2)9-6-4-3-5-7-9;/h4,8H,3,5-7H2,1-2H3;/q-1;. The number of nitrogens with zero attached hydrogens (tertiary/aromatic N) is 1. The molecule has 1 rings (SSSR count). The van der Waals surface area contributed by atoms with Gasteiger partial charge in [-0.05, 0) is 20.4 Å². The van der Waals surface area contributed by atoms with Crippen LogP contribution >= 0.6 is 0 Å². The molecule has 0 aromatic heterocycles. The molecule has 0 unspecified atom stereocenters. The molecule has 59 valence electrons. The first-order valence-electron chi connectivity index (χ1n) is 3.86. The van der Waals surface area contributed by atoms with Crippen molar-refractivity contribution in [2.24, 2.45) is 0 Å². The minimum Gasteiger partial charge on any atom is -0.330 e. The maximum Gasteiger partial charge on any atom is 0.00101 e. The summed E-state index contributed by atoms with van der Waals surface area (Å²) in [5.41, 5.74) is 0. The first-order valence-corrected chi connectivity index (χ1v) is 3.86. The molecule has 1 aliphatic rings. The van der Waals surface area contributed by atoms with Gasteiger partial charge in [0.05, 0.1) is 0 Å². The second-order valence-electron chi connectivity index (χ2n) is 3.02. The van der Waals surface area contributed by atoms with E-state index in [1.807, 2.05) is 0 Å². The molecule has 0 amide bonds. The molecule has 1 nitrogen and oxygen atoms in total. The molecule has 1 aliphatic heterocycles. The van der Waals surface area contributed by atoms with E-state index in [-0.39, 0.29) is 18.6 Å². The minimum atomic E-state index is 0. The number of likely N-dealkylation sites (tertiary alicyclic amines) is 1. The van der Waals surface area contributed by atoms with Crippen LogP contribution in [0.15, 0.2) is 0 Å². The fourth-order valence-electron chi connectivity index (χ4n) is 1.26. The maximum absolute atomic E-state index is 2.50. The molecule has 0 atom stereocenters. The molecule has 0 aromatic carbocycles. The molecule has 10 heavy (non-hydrogen) atoms. The van der Waals surface area contributed by atoms with Crippen molar-refractivity contribution in [1.29, 1.82) is 0 Å². The van der Waals surface area contributed by atoms with E-state index >= 15 is 0 Å². The Morgan fingerprint density at radius 1 is 1.40 bits per heavy atom. The summed E-state index contributed by atoms with van der Waals surface area (Å²) in [6.45, 7) is 7.03. The van der Waals surface area contributed by atoms with Gasteiger partial charge < -0.3 is 11.3 Å². The van der Waals surface area contributed by atoms with Crippen LogP contribution in [0, 0.1) is 6.42 Å². The van der Waals surface area contributed by atoms with Crippen molar-refractivity contribution in [3.63, 3.8) is 0 Å². The predicted molar refractivity (Wildman–Crippen MR) is 40.2 cm³/mol. The Kier molecular flexibility index (Phi) is 5.51. The van der Waals surface area contributed by atoms with Gasteiger partial charge in [0.15, 0.2) is 0 Å². The molecule has 0 N–H and O–H groups in total. The fraction of sp³-hybridized carbons (Fsp3) is 0.875. The molecular weight excluding hydrogens is 161 g/mol. The van der Waals surface area contributed by atoms with Gasteiger partial charge in [-0.2, -0.15) is 6.42 Å². The van der Waals surface area contributed by atoms with Crippen LogP contribution in [0.25, 0.3) is 0 Å². The minimum absolute atomic E-state index is 0. The average molecular weight is 177 g/mol. The van der Waals surface area contributed by atoms with E-state index in [0.717, 1.165) is 6.04 Å². The zero-order valence-electron chi connectivity index (χ0n) is 6.88. The summed E-state index contributed by atoms with van der Waals surface area (Å²) in [5.74, 6) is 0. The number of hydrogen-bond donors (Lipinski definition) is 0. The molecule has 0 aliphatic carbocycles. The Hall–Kier alpha value is 0.544. The Morgan fingerprint density at radius 3 is 2.40 bits per heavy atom. The third-order valence-electron chi connectivity index (χ3n) is 1.95. The van der Waals surface area contributed by atoms with Gasteiger partial charge in [0, 0.05) is 24.6 Å². The van der Waals surface area contributed by atoms with Crippen LogP contribution < -0.4 is 0 Å². The SMILES string of the molecule is CC(C)N1C[CH-]CCC1.[V]. The van der Waals surface area contributed by atoms with E-state index in [2.05, 4.69) is 25.2 Å². The van der Waals surface area contributed by atoms with Gasteiger partial charge in [-0.25, -0.2) is 0 Å². The van der Waals surface area contributed by atoms with Gasteiger partial charge in [-0.15, -0.1) is 6.54 Å². The molecular formula is C8H16NV-. The van der Waals surface area contributed by atoms with Crippen molar-refractivity contribution in [3.8, 4) is 0 Å². The number of rotatable bonds is 1. The number of piperidine rings is 1. The van der Waals surface area contributed by atoms with Gasteiger partial charge in [0.25, 0.3) is 0 Å². The maximum atomic E-state index is 2.50. The van der Waals surface area contributed by atoms with Crippen LogP contribution in [0.3, 0.4) is 0 Å². The van der Waals surface area contributed by atoms with Crippen molar-refractivity contribution in [1.82, 2.24) is 4.90 Å². The first-order chi connectivity index (χ1) is 4.30. The van der Waals surface area contributed by atoms with E-state index in [9.17, 15) is 0 Å². The van der Waals surface area contributed by atoms with Crippen molar-refractivity contribution >= 4 is 0 Å². The van der Waals surface area contributed by atoms with E-state index < -0.39 is 0 Å². The Balaban J connectivity index is 0.000000810. The summed E-state index contributed by atoms with van der Waals surface area (Å²) in [6, 6.07) is 0.738. The van der Waals surface area contributed by atoms with Crippen LogP contribution in [0.2, 0.25) is 0 Å². The van der Waals surface area contributed by atoms with Crippen molar-refractivity contribution in [2.75, 3.05) is 13.1 Å². The molecule has 2 heteroatoms. The third kappa shape index (κ3) is 3.09. The summed E-state index contributed by atoms with van der Waals surface area (Å²) in [7, 11) is 0. The quantitative estimate of drug-likeness (QED) is 0.551. The molecule has 1 saturated heterocycles. The Morgan fingerprint density at radius 2 is 2.10 bits per heavy atom. The summed E-state index contributed by atoms with van der Waals surface area (Å²) in [5, 5.41) is 0. The third-order valence-corrected chi connectivity index (χ3v) is 1.95. The summed E-state index contributed by atoms with van der Waals surface area (Å²) in [6.07, 6.45) is 5.06. The summed E-state index contributed by atoms with van der Waals surface area (Å²) < 4.78 is 0. The van der Waals surface area contributed by atoms with Crippen LogP contribution in [0.5, 0.6) is 0 Å². The monoisotopic (exact) mass is 177 g/mol. The summed E-state index contributed by atoms with van der Waals surface area (Å²) >= 11 is 0. The van der Waals surface area contributed by atoms with Crippen LogP contribution in [-0.2, 0) is 18.6 Å². The molecule has 0 bridgehead atoms.